The van der Waals surface area contributed by atoms with E-state index < -0.39 is 30.4 Å². The molecule has 0 heterocycles. The molecule has 0 unspecified atom stereocenters. The number of carboxylic acid groups (broad SMARTS) is 2. The molecule has 1 aromatic rings. The van der Waals surface area contributed by atoms with Gasteiger partial charge in [-0.25, -0.2) is 4.79 Å². The topological polar surface area (TPSA) is 113 Å². The summed E-state index contributed by atoms with van der Waals surface area (Å²) in [5.74, 6) is -3.52. The first-order chi connectivity index (χ1) is 8.50. The normalized spacial score (nSPS) is 11.6. The largest absolute Gasteiger partial charge is 0.481 e. The lowest BCUT2D eigenvalue weighted by Gasteiger charge is -2.11. The van der Waals surface area contributed by atoms with Crippen LogP contribution in [0.4, 0.5) is 0 Å². The summed E-state index contributed by atoms with van der Waals surface area (Å²) in [4.78, 5) is 37.0. The second-order valence-electron chi connectivity index (χ2n) is 3.36. The van der Waals surface area contributed by atoms with Crippen LogP contribution in [0.25, 0.3) is 0 Å². The van der Waals surface area contributed by atoms with E-state index in [9.17, 15) is 14.4 Å². The number of hydroxylamine groups is 1. The van der Waals surface area contributed by atoms with Crippen LogP contribution in [0.1, 0.15) is 16.8 Å². The lowest BCUT2D eigenvalue weighted by molar-refractivity contribution is -0.149. The second-order valence-corrected chi connectivity index (χ2v) is 3.36. The molecule has 1 rings (SSSR count). The zero-order chi connectivity index (χ0) is 13.5. The molecule has 0 aliphatic heterocycles. The summed E-state index contributed by atoms with van der Waals surface area (Å²) in [6.45, 7) is 0. The van der Waals surface area contributed by atoms with E-state index in [1.807, 2.05) is 5.48 Å². The second kappa shape index (κ2) is 6.36. The Morgan fingerprint density at radius 1 is 1.17 bits per heavy atom. The zero-order valence-electron chi connectivity index (χ0n) is 9.20. The van der Waals surface area contributed by atoms with E-state index in [-0.39, 0.29) is 5.56 Å². The minimum Gasteiger partial charge on any atom is -0.481 e. The third-order valence-electron chi connectivity index (χ3n) is 1.98. The van der Waals surface area contributed by atoms with Crippen LogP contribution in [0.3, 0.4) is 0 Å². The van der Waals surface area contributed by atoms with Gasteiger partial charge in [-0.15, -0.1) is 5.48 Å². The standard InChI is InChI=1S/C11H11NO6/c13-9(14)6-8(10(15)16)12-18-11(17)7-4-2-1-3-5-7/h1-5,8,12H,6H2,(H,13,14)(H,15,16)/t8-/m0/s1. The number of rotatable bonds is 6. The first kappa shape index (κ1) is 13.7. The van der Waals surface area contributed by atoms with Gasteiger partial charge in [-0.3, -0.25) is 9.59 Å². The van der Waals surface area contributed by atoms with E-state index in [0.29, 0.717) is 0 Å². The first-order valence-corrected chi connectivity index (χ1v) is 4.97. The SMILES string of the molecule is O=C(O)C[C@H](NOC(=O)c1ccccc1)C(=O)O. The van der Waals surface area contributed by atoms with Crippen molar-refractivity contribution < 1.29 is 29.4 Å². The van der Waals surface area contributed by atoms with Gasteiger partial charge in [-0.2, -0.15) is 0 Å². The Morgan fingerprint density at radius 3 is 2.28 bits per heavy atom. The molecule has 1 aromatic carbocycles. The predicted molar refractivity (Wildman–Crippen MR) is 58.7 cm³/mol. The van der Waals surface area contributed by atoms with E-state index in [0.717, 1.165) is 0 Å². The van der Waals surface area contributed by atoms with Gasteiger partial charge in [0.05, 0.1) is 12.0 Å². The van der Waals surface area contributed by atoms with E-state index >= 15 is 0 Å². The Labute approximate surface area is 102 Å². The number of hydrogen-bond acceptors (Lipinski definition) is 5. The van der Waals surface area contributed by atoms with Crippen molar-refractivity contribution in [2.45, 2.75) is 12.5 Å². The molecule has 7 nitrogen and oxygen atoms in total. The van der Waals surface area contributed by atoms with E-state index in [4.69, 9.17) is 10.2 Å². The summed E-state index contributed by atoms with van der Waals surface area (Å²) in [5.41, 5.74) is 2.15. The Bertz CT molecular complexity index is 444. The maximum atomic E-state index is 11.4. The summed E-state index contributed by atoms with van der Waals surface area (Å²) in [6, 6.07) is 6.41. The number of hydrogen-bond donors (Lipinski definition) is 3. The lowest BCUT2D eigenvalue weighted by atomic mass is 10.2. The third-order valence-corrected chi connectivity index (χ3v) is 1.98. The minimum atomic E-state index is -1.49. The number of carbonyl (C=O) groups excluding carboxylic acids is 1. The third kappa shape index (κ3) is 4.22. The van der Waals surface area contributed by atoms with Crippen LogP contribution in [-0.4, -0.2) is 34.2 Å². The van der Waals surface area contributed by atoms with Crippen molar-refractivity contribution >= 4 is 17.9 Å². The number of nitrogens with one attached hydrogen (secondary N) is 1. The molecular formula is C11H11NO6. The Kier molecular flexibility index (Phi) is 4.82. The smallest absolute Gasteiger partial charge is 0.356 e. The number of carboxylic acids is 2. The molecule has 1 atom stereocenters. The highest BCUT2D eigenvalue weighted by molar-refractivity contribution is 5.89. The van der Waals surface area contributed by atoms with Crippen molar-refractivity contribution in [1.82, 2.24) is 5.48 Å². The van der Waals surface area contributed by atoms with Crippen LogP contribution >= 0.6 is 0 Å². The fraction of sp³-hybridized carbons (Fsp3) is 0.182. The fourth-order valence-electron chi connectivity index (χ4n) is 1.11. The van der Waals surface area contributed by atoms with Gasteiger partial charge in [-0.1, -0.05) is 18.2 Å². The molecule has 18 heavy (non-hydrogen) atoms. The summed E-state index contributed by atoms with van der Waals surface area (Å²) in [5, 5.41) is 17.2. The van der Waals surface area contributed by atoms with Gasteiger partial charge in [0.15, 0.2) is 6.04 Å². The van der Waals surface area contributed by atoms with E-state index in [1.165, 1.54) is 12.1 Å². The average molecular weight is 253 g/mol. The van der Waals surface area contributed by atoms with Gasteiger partial charge in [0.1, 0.15) is 0 Å². The summed E-state index contributed by atoms with van der Waals surface area (Å²) < 4.78 is 0. The van der Waals surface area contributed by atoms with Crippen molar-refractivity contribution in [2.75, 3.05) is 0 Å². The zero-order valence-corrected chi connectivity index (χ0v) is 9.20. The highest BCUT2D eigenvalue weighted by atomic mass is 16.7. The molecule has 0 spiro atoms. The minimum absolute atomic E-state index is 0.226. The highest BCUT2D eigenvalue weighted by Gasteiger charge is 2.22. The molecule has 0 saturated carbocycles. The van der Waals surface area contributed by atoms with Crippen molar-refractivity contribution in [3.63, 3.8) is 0 Å². The van der Waals surface area contributed by atoms with Crippen LogP contribution < -0.4 is 5.48 Å². The molecule has 7 heteroatoms. The molecule has 0 radical (unpaired) electrons. The molecule has 0 fully saturated rings. The van der Waals surface area contributed by atoms with Gasteiger partial charge < -0.3 is 15.1 Å². The van der Waals surface area contributed by atoms with Crippen LogP contribution in [0.15, 0.2) is 30.3 Å². The fourth-order valence-corrected chi connectivity index (χ4v) is 1.11. The summed E-state index contributed by atoms with van der Waals surface area (Å²) >= 11 is 0. The van der Waals surface area contributed by atoms with E-state index in [1.54, 1.807) is 18.2 Å². The maximum absolute atomic E-state index is 11.4. The van der Waals surface area contributed by atoms with Gasteiger partial charge in [0.2, 0.25) is 0 Å². The Hall–Kier alpha value is -2.41. The first-order valence-electron chi connectivity index (χ1n) is 4.97. The van der Waals surface area contributed by atoms with Crippen molar-refractivity contribution in [1.29, 1.82) is 0 Å². The molecular weight excluding hydrogens is 242 g/mol. The molecule has 0 bridgehead atoms. The van der Waals surface area contributed by atoms with Crippen molar-refractivity contribution in [3.05, 3.63) is 35.9 Å². The predicted octanol–water partition coefficient (Wildman–Crippen LogP) is 0.276. The highest BCUT2D eigenvalue weighted by Crippen LogP contribution is 2.01. The number of benzene rings is 1. The molecule has 0 aromatic heterocycles. The Balaban J connectivity index is 2.55. The van der Waals surface area contributed by atoms with Crippen LogP contribution in [0.2, 0.25) is 0 Å². The van der Waals surface area contributed by atoms with E-state index in [2.05, 4.69) is 4.84 Å². The van der Waals surface area contributed by atoms with Crippen molar-refractivity contribution in [2.24, 2.45) is 0 Å². The lowest BCUT2D eigenvalue weighted by Crippen LogP contribution is -2.39. The van der Waals surface area contributed by atoms with Gasteiger partial charge >= 0.3 is 17.9 Å². The Morgan fingerprint density at radius 2 is 1.78 bits per heavy atom. The monoisotopic (exact) mass is 253 g/mol. The van der Waals surface area contributed by atoms with Crippen LogP contribution in [0, 0.1) is 0 Å². The average Bonchev–Trinajstić information content (AvgIpc) is 2.34. The molecule has 0 saturated heterocycles. The molecule has 0 aliphatic carbocycles. The van der Waals surface area contributed by atoms with Gasteiger partial charge in [0, 0.05) is 0 Å². The van der Waals surface area contributed by atoms with Crippen molar-refractivity contribution in [3.8, 4) is 0 Å². The molecule has 0 aliphatic rings. The van der Waals surface area contributed by atoms with Crippen LogP contribution in [-0.2, 0) is 14.4 Å². The summed E-state index contributed by atoms with van der Waals surface area (Å²) in [7, 11) is 0. The number of carbonyl (C=O) groups is 3. The summed E-state index contributed by atoms with van der Waals surface area (Å²) in [6.07, 6.45) is -0.697. The number of aliphatic carboxylic acids is 2. The quantitative estimate of drug-likeness (QED) is 0.624. The van der Waals surface area contributed by atoms with Gasteiger partial charge in [0.25, 0.3) is 0 Å². The molecule has 3 N–H and O–H groups in total. The molecule has 96 valence electrons. The molecule has 0 amide bonds. The maximum Gasteiger partial charge on any atom is 0.356 e. The van der Waals surface area contributed by atoms with Gasteiger partial charge in [-0.05, 0) is 12.1 Å². The van der Waals surface area contributed by atoms with Crippen LogP contribution in [0.5, 0.6) is 0 Å².